The highest BCUT2D eigenvalue weighted by atomic mass is 19.2. The van der Waals surface area contributed by atoms with Gasteiger partial charge in [0.15, 0.2) is 11.6 Å². The highest BCUT2D eigenvalue weighted by Gasteiger charge is 2.31. The minimum Gasteiger partial charge on any atom is -0.491 e. The zero-order chi connectivity index (χ0) is 26.7. The van der Waals surface area contributed by atoms with Crippen molar-refractivity contribution in [1.82, 2.24) is 0 Å². The lowest BCUT2D eigenvalue weighted by atomic mass is 9.72. The van der Waals surface area contributed by atoms with Crippen LogP contribution in [0.5, 0.6) is 5.75 Å². The van der Waals surface area contributed by atoms with E-state index >= 15 is 0 Å². The molecule has 4 heteroatoms. The molecule has 1 aliphatic heterocycles. The molecule has 4 rings (SSSR count). The van der Waals surface area contributed by atoms with E-state index in [-0.39, 0.29) is 5.75 Å². The van der Waals surface area contributed by atoms with E-state index in [4.69, 9.17) is 9.47 Å². The summed E-state index contributed by atoms with van der Waals surface area (Å²) < 4.78 is 40.5. The van der Waals surface area contributed by atoms with Gasteiger partial charge in [0, 0.05) is 5.56 Å². The first-order chi connectivity index (χ1) is 18.6. The predicted octanol–water partition coefficient (Wildman–Crippen LogP) is 10.1. The zero-order valence-electron chi connectivity index (χ0n) is 23.9. The second-order valence-electron chi connectivity index (χ2n) is 12.0. The average molecular weight is 529 g/mol. The van der Waals surface area contributed by atoms with Crippen LogP contribution in [0.4, 0.5) is 8.78 Å². The van der Waals surface area contributed by atoms with Crippen molar-refractivity contribution in [3.63, 3.8) is 0 Å². The van der Waals surface area contributed by atoms with Crippen molar-refractivity contribution in [2.45, 2.75) is 116 Å². The van der Waals surface area contributed by atoms with Crippen molar-refractivity contribution in [2.75, 3.05) is 13.2 Å². The van der Waals surface area contributed by atoms with Gasteiger partial charge in [0.1, 0.15) is 0 Å². The SMILES string of the molecule is CC=CCCCCC1CCC(C2CCC(CCC3CC=C(c4ccc(OCC)c(F)c4F)CC3)OC2)CC1. The van der Waals surface area contributed by atoms with E-state index < -0.39 is 11.6 Å². The molecule has 0 bridgehead atoms. The molecule has 38 heavy (non-hydrogen) atoms. The molecule has 1 saturated heterocycles. The van der Waals surface area contributed by atoms with Gasteiger partial charge in [0.05, 0.1) is 19.3 Å². The molecule has 212 valence electrons. The van der Waals surface area contributed by atoms with Crippen LogP contribution < -0.4 is 4.74 Å². The number of hydrogen-bond donors (Lipinski definition) is 0. The van der Waals surface area contributed by atoms with Crippen LogP contribution in [0.25, 0.3) is 5.57 Å². The van der Waals surface area contributed by atoms with Gasteiger partial charge in [-0.3, -0.25) is 0 Å². The second kappa shape index (κ2) is 15.2. The molecule has 3 unspecified atom stereocenters. The Balaban J connectivity index is 1.12. The molecule has 0 N–H and O–H groups in total. The lowest BCUT2D eigenvalue weighted by Gasteiger charge is -2.38. The molecule has 3 aliphatic rings. The number of halogens is 2. The Kier molecular flexibility index (Phi) is 11.7. The van der Waals surface area contributed by atoms with Gasteiger partial charge in [-0.2, -0.15) is 4.39 Å². The summed E-state index contributed by atoms with van der Waals surface area (Å²) in [5.41, 5.74) is 1.32. The zero-order valence-corrected chi connectivity index (χ0v) is 23.9. The van der Waals surface area contributed by atoms with E-state index in [1.165, 1.54) is 70.6 Å². The maximum atomic E-state index is 14.6. The van der Waals surface area contributed by atoms with Crippen LogP contribution in [0.2, 0.25) is 0 Å². The number of benzene rings is 1. The Morgan fingerprint density at radius 1 is 0.895 bits per heavy atom. The summed E-state index contributed by atoms with van der Waals surface area (Å²) in [6.45, 7) is 5.17. The maximum Gasteiger partial charge on any atom is 0.201 e. The van der Waals surface area contributed by atoms with Crippen LogP contribution in [-0.4, -0.2) is 19.3 Å². The fourth-order valence-corrected chi connectivity index (χ4v) is 7.10. The Hall–Kier alpha value is -1.68. The summed E-state index contributed by atoms with van der Waals surface area (Å²) in [6.07, 6.45) is 25.7. The lowest BCUT2D eigenvalue weighted by Crippen LogP contribution is -2.32. The Bertz CT molecular complexity index is 907. The first-order valence-electron chi connectivity index (χ1n) is 15.6. The van der Waals surface area contributed by atoms with E-state index in [0.717, 1.165) is 55.6 Å². The van der Waals surface area contributed by atoms with Crippen LogP contribution in [0.15, 0.2) is 30.4 Å². The third kappa shape index (κ3) is 8.16. The summed E-state index contributed by atoms with van der Waals surface area (Å²) >= 11 is 0. The third-order valence-corrected chi connectivity index (χ3v) is 9.54. The number of ether oxygens (including phenoxy) is 2. The minimum absolute atomic E-state index is 0.00311. The van der Waals surface area contributed by atoms with Gasteiger partial charge in [-0.05, 0) is 126 Å². The van der Waals surface area contributed by atoms with E-state index in [1.807, 2.05) is 0 Å². The summed E-state index contributed by atoms with van der Waals surface area (Å²) in [4.78, 5) is 0. The van der Waals surface area contributed by atoms with Gasteiger partial charge in [0.25, 0.3) is 0 Å². The molecule has 1 aromatic carbocycles. The lowest BCUT2D eigenvalue weighted by molar-refractivity contribution is -0.0443. The van der Waals surface area contributed by atoms with E-state index in [0.29, 0.717) is 24.2 Å². The minimum atomic E-state index is -0.871. The number of hydrogen-bond acceptors (Lipinski definition) is 2. The maximum absolute atomic E-state index is 14.6. The van der Waals surface area contributed by atoms with E-state index in [9.17, 15) is 8.78 Å². The van der Waals surface area contributed by atoms with Crippen molar-refractivity contribution in [2.24, 2.45) is 23.7 Å². The van der Waals surface area contributed by atoms with Crippen LogP contribution in [0, 0.1) is 35.3 Å². The number of rotatable bonds is 12. The van der Waals surface area contributed by atoms with Crippen molar-refractivity contribution in [3.8, 4) is 5.75 Å². The van der Waals surface area contributed by atoms with Gasteiger partial charge < -0.3 is 9.47 Å². The molecular formula is C34H50F2O2. The number of allylic oxidation sites excluding steroid dienone is 4. The summed E-state index contributed by atoms with van der Waals surface area (Å²) in [5, 5.41) is 0. The van der Waals surface area contributed by atoms with Crippen LogP contribution in [0.1, 0.15) is 116 Å². The van der Waals surface area contributed by atoms with Gasteiger partial charge in [-0.25, -0.2) is 4.39 Å². The Labute approximate surface area is 230 Å². The smallest absolute Gasteiger partial charge is 0.201 e. The monoisotopic (exact) mass is 528 g/mol. The Morgan fingerprint density at radius 3 is 2.39 bits per heavy atom. The molecule has 0 spiro atoms. The van der Waals surface area contributed by atoms with E-state index in [2.05, 4.69) is 25.2 Å². The van der Waals surface area contributed by atoms with Crippen LogP contribution in [-0.2, 0) is 4.74 Å². The molecule has 0 aromatic heterocycles. The largest absolute Gasteiger partial charge is 0.491 e. The van der Waals surface area contributed by atoms with Gasteiger partial charge >= 0.3 is 0 Å². The summed E-state index contributed by atoms with van der Waals surface area (Å²) in [6, 6.07) is 3.22. The molecule has 0 amide bonds. The van der Waals surface area contributed by atoms with Crippen molar-refractivity contribution < 1.29 is 18.3 Å². The molecule has 3 atom stereocenters. The highest BCUT2D eigenvalue weighted by Crippen LogP contribution is 2.40. The molecule has 1 aromatic rings. The van der Waals surface area contributed by atoms with Gasteiger partial charge in [-0.15, -0.1) is 0 Å². The average Bonchev–Trinajstić information content (AvgIpc) is 2.95. The summed E-state index contributed by atoms with van der Waals surface area (Å²) in [5.74, 6) is 1.57. The second-order valence-corrected chi connectivity index (χ2v) is 12.0. The van der Waals surface area contributed by atoms with Crippen molar-refractivity contribution in [3.05, 3.63) is 47.6 Å². The fraction of sp³-hybridized carbons (Fsp3) is 0.706. The quantitative estimate of drug-likeness (QED) is 0.198. The third-order valence-electron chi connectivity index (χ3n) is 9.54. The van der Waals surface area contributed by atoms with Crippen molar-refractivity contribution >= 4 is 5.57 Å². The fourth-order valence-electron chi connectivity index (χ4n) is 7.10. The molecule has 0 radical (unpaired) electrons. The van der Waals surface area contributed by atoms with Gasteiger partial charge in [0.2, 0.25) is 5.82 Å². The van der Waals surface area contributed by atoms with Crippen LogP contribution in [0.3, 0.4) is 0 Å². The first kappa shape index (κ1) is 29.3. The molecular weight excluding hydrogens is 478 g/mol. The molecule has 2 fully saturated rings. The van der Waals surface area contributed by atoms with Crippen LogP contribution >= 0.6 is 0 Å². The number of unbranched alkanes of at least 4 members (excludes halogenated alkanes) is 2. The molecule has 2 nitrogen and oxygen atoms in total. The molecule has 1 heterocycles. The normalized spacial score (nSPS) is 28.4. The Morgan fingerprint density at radius 2 is 1.71 bits per heavy atom. The summed E-state index contributed by atoms with van der Waals surface area (Å²) in [7, 11) is 0. The first-order valence-corrected chi connectivity index (χ1v) is 15.6. The highest BCUT2D eigenvalue weighted by molar-refractivity contribution is 5.67. The van der Waals surface area contributed by atoms with E-state index in [1.54, 1.807) is 19.1 Å². The van der Waals surface area contributed by atoms with Crippen molar-refractivity contribution in [1.29, 1.82) is 0 Å². The molecule has 1 saturated carbocycles. The predicted molar refractivity (Wildman–Crippen MR) is 153 cm³/mol. The standard InChI is InChI=1S/C34H50F2O2/c1-3-5-6-7-8-9-25-10-15-27(16-11-25)29-19-21-30(38-24-29)20-14-26-12-17-28(18-13-26)31-22-23-32(37-4-2)34(36)33(31)35/h3,5,17,22-23,25-27,29-30H,4,6-16,18-21,24H2,1-2H3. The molecule has 2 aliphatic carbocycles. The topological polar surface area (TPSA) is 18.5 Å². The van der Waals surface area contributed by atoms with Gasteiger partial charge in [-0.1, -0.05) is 43.9 Å².